The molecule has 0 unspecified atom stereocenters. The Hall–Kier alpha value is -2.25. The van der Waals surface area contributed by atoms with Gasteiger partial charge in [0.05, 0.1) is 0 Å². The summed E-state index contributed by atoms with van der Waals surface area (Å²) in [5.74, 6) is 0.176. The van der Waals surface area contributed by atoms with Crippen LogP contribution in [0.15, 0.2) is 67.2 Å². The Morgan fingerprint density at radius 1 is 0.957 bits per heavy atom. The van der Waals surface area contributed by atoms with Crippen LogP contribution in [0.5, 0.6) is 5.75 Å². The van der Waals surface area contributed by atoms with E-state index in [0.717, 1.165) is 21.9 Å². The molecule has 0 spiro atoms. The van der Waals surface area contributed by atoms with Gasteiger partial charge in [0.25, 0.3) is 0 Å². The summed E-state index contributed by atoms with van der Waals surface area (Å²) in [4.78, 5) is 12.5. The predicted octanol–water partition coefficient (Wildman–Crippen LogP) is 4.70. The smallest absolute Gasteiger partial charge is 0.342 e. The minimum Gasteiger partial charge on any atom is -0.423 e. The number of carbonyl (C=O) groups excluding carboxylic acids is 1. The normalized spacial score (nSPS) is 9.96. The Morgan fingerprint density at radius 2 is 1.61 bits per heavy atom. The number of hydrogen-bond donors (Lipinski definition) is 0. The van der Waals surface area contributed by atoms with Gasteiger partial charge in [-0.05, 0) is 19.1 Å². The van der Waals surface area contributed by atoms with Crippen molar-refractivity contribution < 1.29 is 29.0 Å². The van der Waals surface area contributed by atoms with Crippen LogP contribution >= 0.6 is 0 Å². The summed E-state index contributed by atoms with van der Waals surface area (Å²) in [5.41, 5.74) is 2.54. The standard InChI is InChI=1S/C20H15O2.Rh/c1-3-15-10-13-19(18-7-5-4-6-17(15)18)20(21)22-16-11-8-14(2)9-12-16;/h4-13H,1H2,2H3;/q-1;. The average molecular weight is 390 g/mol. The van der Waals surface area contributed by atoms with Gasteiger partial charge < -0.3 is 4.74 Å². The van der Waals surface area contributed by atoms with E-state index < -0.39 is 0 Å². The number of aryl methyl sites for hydroxylation is 1. The van der Waals surface area contributed by atoms with Crippen molar-refractivity contribution in [2.45, 2.75) is 6.92 Å². The predicted molar refractivity (Wildman–Crippen MR) is 88.1 cm³/mol. The summed E-state index contributed by atoms with van der Waals surface area (Å²) in [5, 5.41) is 1.78. The Morgan fingerprint density at radius 3 is 2.26 bits per heavy atom. The molecule has 3 aromatic carbocycles. The van der Waals surface area contributed by atoms with Crippen molar-refractivity contribution >= 4 is 16.7 Å². The molecule has 0 bridgehead atoms. The zero-order valence-electron chi connectivity index (χ0n) is 12.6. The molecule has 117 valence electrons. The van der Waals surface area contributed by atoms with Gasteiger partial charge >= 0.3 is 5.97 Å². The van der Waals surface area contributed by atoms with Crippen molar-refractivity contribution in [2.24, 2.45) is 0 Å². The maximum absolute atomic E-state index is 12.5. The van der Waals surface area contributed by atoms with Crippen molar-refractivity contribution in [1.29, 1.82) is 0 Å². The van der Waals surface area contributed by atoms with Crippen LogP contribution in [0.2, 0.25) is 0 Å². The summed E-state index contributed by atoms with van der Waals surface area (Å²) in [6, 6.07) is 18.7. The fourth-order valence-electron chi connectivity index (χ4n) is 2.40. The molecule has 3 rings (SSSR count). The Labute approximate surface area is 148 Å². The monoisotopic (exact) mass is 390 g/mol. The third-order valence-electron chi connectivity index (χ3n) is 3.57. The van der Waals surface area contributed by atoms with E-state index >= 15 is 0 Å². The fourth-order valence-corrected chi connectivity index (χ4v) is 2.40. The fraction of sp³-hybridized carbons (Fsp3) is 0.0500. The van der Waals surface area contributed by atoms with Crippen molar-refractivity contribution in [1.82, 2.24) is 0 Å². The van der Waals surface area contributed by atoms with E-state index in [4.69, 9.17) is 4.74 Å². The molecule has 0 aliphatic heterocycles. The number of esters is 1. The first kappa shape index (κ1) is 17.1. The molecule has 23 heavy (non-hydrogen) atoms. The van der Waals surface area contributed by atoms with Gasteiger partial charge in [-0.15, -0.1) is 17.5 Å². The summed E-state index contributed by atoms with van der Waals surface area (Å²) < 4.78 is 5.46. The SMILES string of the molecule is C=[C-]c1ccc(C(=O)Oc2ccc(C)cc2)c2ccccc12.[Rh]. The van der Waals surface area contributed by atoms with Gasteiger partial charge in [0.2, 0.25) is 0 Å². The van der Waals surface area contributed by atoms with Crippen LogP contribution in [-0.2, 0) is 19.5 Å². The molecule has 0 saturated heterocycles. The van der Waals surface area contributed by atoms with Crippen LogP contribution < -0.4 is 4.74 Å². The molecule has 3 aromatic rings. The van der Waals surface area contributed by atoms with Crippen molar-refractivity contribution in [3.63, 3.8) is 0 Å². The van der Waals surface area contributed by atoms with Crippen LogP contribution in [0.1, 0.15) is 21.5 Å². The first-order valence-corrected chi connectivity index (χ1v) is 7.03. The average Bonchev–Trinajstić information content (AvgIpc) is 2.56. The van der Waals surface area contributed by atoms with Crippen LogP contribution in [-0.4, -0.2) is 5.97 Å². The van der Waals surface area contributed by atoms with E-state index in [9.17, 15) is 4.79 Å². The van der Waals surface area contributed by atoms with Gasteiger partial charge in [-0.2, -0.15) is 24.3 Å². The molecule has 0 heterocycles. The van der Waals surface area contributed by atoms with Crippen LogP contribution in [0, 0.1) is 13.0 Å². The number of fused-ring (bicyclic) bond motifs is 1. The van der Waals surface area contributed by atoms with Crippen LogP contribution in [0.3, 0.4) is 0 Å². The number of rotatable bonds is 3. The minimum absolute atomic E-state index is 0. The van der Waals surface area contributed by atoms with E-state index in [1.165, 1.54) is 0 Å². The number of carbonyl (C=O) groups is 1. The van der Waals surface area contributed by atoms with Gasteiger partial charge in [0, 0.05) is 25.0 Å². The molecule has 0 N–H and O–H groups in total. The van der Waals surface area contributed by atoms with Crippen molar-refractivity contribution in [2.75, 3.05) is 0 Å². The zero-order chi connectivity index (χ0) is 15.5. The maximum Gasteiger partial charge on any atom is 0.342 e. The van der Waals surface area contributed by atoms with E-state index in [-0.39, 0.29) is 25.4 Å². The Bertz CT molecular complexity index is 851. The van der Waals surface area contributed by atoms with E-state index in [1.807, 2.05) is 49.4 Å². The molecule has 3 heteroatoms. The molecule has 0 saturated carbocycles. The molecule has 0 amide bonds. The van der Waals surface area contributed by atoms with Gasteiger partial charge in [0.1, 0.15) is 5.75 Å². The summed E-state index contributed by atoms with van der Waals surface area (Å²) >= 11 is 0. The second-order valence-corrected chi connectivity index (χ2v) is 5.09. The first-order chi connectivity index (χ1) is 10.7. The van der Waals surface area contributed by atoms with Gasteiger partial charge in [0.15, 0.2) is 0 Å². The van der Waals surface area contributed by atoms with Crippen LogP contribution in [0.4, 0.5) is 0 Å². The number of benzene rings is 3. The molecule has 0 aliphatic carbocycles. The second-order valence-electron chi connectivity index (χ2n) is 5.09. The topological polar surface area (TPSA) is 26.3 Å². The molecule has 0 aliphatic rings. The molecule has 1 radical (unpaired) electrons. The molecule has 0 fully saturated rings. The minimum atomic E-state index is -0.365. The summed E-state index contributed by atoms with van der Waals surface area (Å²) in [7, 11) is 0. The molecular formula is C20H15O2Rh-. The summed E-state index contributed by atoms with van der Waals surface area (Å²) in [6.07, 6.45) is 2.89. The van der Waals surface area contributed by atoms with Crippen molar-refractivity contribution in [3.05, 3.63) is 90.0 Å². The Balaban J connectivity index is 0.00000192. The third-order valence-corrected chi connectivity index (χ3v) is 3.57. The van der Waals surface area contributed by atoms with E-state index in [2.05, 4.69) is 12.7 Å². The van der Waals surface area contributed by atoms with Gasteiger partial charge in [-0.25, -0.2) is 4.79 Å². The van der Waals surface area contributed by atoms with E-state index in [1.54, 1.807) is 18.2 Å². The van der Waals surface area contributed by atoms with E-state index in [0.29, 0.717) is 11.3 Å². The summed E-state index contributed by atoms with van der Waals surface area (Å²) in [6.45, 7) is 5.68. The zero-order valence-corrected chi connectivity index (χ0v) is 14.3. The quantitative estimate of drug-likeness (QED) is 0.281. The van der Waals surface area contributed by atoms with Crippen molar-refractivity contribution in [3.8, 4) is 5.75 Å². The largest absolute Gasteiger partial charge is 0.423 e. The Kier molecular flexibility index (Phi) is 5.47. The van der Waals surface area contributed by atoms with Gasteiger partial charge in [-0.3, -0.25) is 0 Å². The second kappa shape index (κ2) is 7.35. The molecule has 2 nitrogen and oxygen atoms in total. The molecule has 0 aromatic heterocycles. The molecule has 0 atom stereocenters. The van der Waals surface area contributed by atoms with Gasteiger partial charge in [-0.1, -0.05) is 41.3 Å². The van der Waals surface area contributed by atoms with Crippen LogP contribution in [0.25, 0.3) is 10.8 Å². The molecular weight excluding hydrogens is 375 g/mol. The number of ether oxygens (including phenoxy) is 1. The maximum atomic E-state index is 12.5. The number of hydrogen-bond acceptors (Lipinski definition) is 2. The first-order valence-electron chi connectivity index (χ1n) is 7.03. The third kappa shape index (κ3) is 3.57.